The molecule has 4 nitrogen and oxygen atoms in total. The molecule has 0 spiro atoms. The highest BCUT2D eigenvalue weighted by Gasteiger charge is 2.33. The van der Waals surface area contributed by atoms with E-state index in [9.17, 15) is 9.59 Å². The molecule has 0 aliphatic heterocycles. The molecule has 0 aromatic carbocycles. The minimum atomic E-state index is -0.0640. The summed E-state index contributed by atoms with van der Waals surface area (Å²) in [7, 11) is 0. The SMILES string of the molecule is CC(C)C(=O)OC1CCC(C2CCC(OC(=O)C(C)C)CC2)CC1. The minimum Gasteiger partial charge on any atom is -0.462 e. The third-order valence-corrected chi connectivity index (χ3v) is 5.61. The third-order valence-electron chi connectivity index (χ3n) is 5.61. The molecule has 0 radical (unpaired) electrons. The van der Waals surface area contributed by atoms with Crippen LogP contribution in [0.4, 0.5) is 0 Å². The monoisotopic (exact) mass is 338 g/mol. The second-order valence-electron chi connectivity index (χ2n) is 8.26. The zero-order chi connectivity index (χ0) is 17.7. The molecule has 138 valence electrons. The number of ether oxygens (including phenoxy) is 2. The van der Waals surface area contributed by atoms with Crippen LogP contribution in [0.15, 0.2) is 0 Å². The first-order valence-corrected chi connectivity index (χ1v) is 9.77. The van der Waals surface area contributed by atoms with E-state index in [-0.39, 0.29) is 36.0 Å². The number of esters is 2. The summed E-state index contributed by atoms with van der Waals surface area (Å²) in [5, 5.41) is 0. The molecular formula is C20H34O4. The Morgan fingerprint density at radius 2 is 0.917 bits per heavy atom. The summed E-state index contributed by atoms with van der Waals surface area (Å²) < 4.78 is 11.2. The van der Waals surface area contributed by atoms with Crippen molar-refractivity contribution < 1.29 is 19.1 Å². The lowest BCUT2D eigenvalue weighted by Gasteiger charge is -2.37. The number of carbonyl (C=O) groups is 2. The molecule has 0 bridgehead atoms. The van der Waals surface area contributed by atoms with E-state index in [0.29, 0.717) is 0 Å². The zero-order valence-corrected chi connectivity index (χ0v) is 15.8. The van der Waals surface area contributed by atoms with Crippen molar-refractivity contribution >= 4 is 11.9 Å². The quantitative estimate of drug-likeness (QED) is 0.692. The first-order valence-electron chi connectivity index (χ1n) is 9.77. The van der Waals surface area contributed by atoms with Crippen molar-refractivity contribution in [1.29, 1.82) is 0 Å². The van der Waals surface area contributed by atoms with Gasteiger partial charge in [0.05, 0.1) is 11.8 Å². The Bertz CT molecular complexity index is 373. The predicted octanol–water partition coefficient (Wildman–Crippen LogP) is 4.50. The van der Waals surface area contributed by atoms with Gasteiger partial charge in [0.25, 0.3) is 0 Å². The van der Waals surface area contributed by atoms with Crippen LogP contribution in [0.1, 0.15) is 79.1 Å². The molecule has 0 aromatic rings. The van der Waals surface area contributed by atoms with Crippen molar-refractivity contribution in [2.45, 2.75) is 91.3 Å². The van der Waals surface area contributed by atoms with Crippen LogP contribution in [-0.2, 0) is 19.1 Å². The Kier molecular flexibility index (Phi) is 7.12. The Balaban J connectivity index is 1.69. The molecule has 24 heavy (non-hydrogen) atoms. The van der Waals surface area contributed by atoms with Crippen LogP contribution < -0.4 is 0 Å². The lowest BCUT2D eigenvalue weighted by atomic mass is 9.72. The van der Waals surface area contributed by atoms with Gasteiger partial charge in [-0.25, -0.2) is 0 Å². The maximum Gasteiger partial charge on any atom is 0.308 e. The largest absolute Gasteiger partial charge is 0.462 e. The van der Waals surface area contributed by atoms with Crippen LogP contribution >= 0.6 is 0 Å². The van der Waals surface area contributed by atoms with Crippen LogP contribution in [0.2, 0.25) is 0 Å². The van der Waals surface area contributed by atoms with Crippen molar-refractivity contribution in [1.82, 2.24) is 0 Å². The van der Waals surface area contributed by atoms with Gasteiger partial charge in [-0.15, -0.1) is 0 Å². The van der Waals surface area contributed by atoms with Crippen molar-refractivity contribution in [3.63, 3.8) is 0 Å². The van der Waals surface area contributed by atoms with Gasteiger partial charge in [-0.2, -0.15) is 0 Å². The standard InChI is InChI=1S/C20H34O4/c1-13(2)19(21)23-17-9-5-15(6-10-17)16-7-11-18(12-8-16)24-20(22)14(3)4/h13-18H,5-12H2,1-4H3. The molecule has 0 heterocycles. The van der Waals surface area contributed by atoms with E-state index in [4.69, 9.17) is 9.47 Å². The average molecular weight is 338 g/mol. The van der Waals surface area contributed by atoms with E-state index in [1.165, 1.54) is 0 Å². The second-order valence-corrected chi connectivity index (χ2v) is 8.26. The molecule has 2 saturated carbocycles. The van der Waals surface area contributed by atoms with Crippen LogP contribution in [0, 0.1) is 23.7 Å². The van der Waals surface area contributed by atoms with Crippen LogP contribution in [0.5, 0.6) is 0 Å². The molecule has 0 aromatic heterocycles. The number of hydrogen-bond acceptors (Lipinski definition) is 4. The molecule has 4 heteroatoms. The molecule has 2 rings (SSSR count). The van der Waals surface area contributed by atoms with Crippen molar-refractivity contribution in [2.75, 3.05) is 0 Å². The number of hydrogen-bond donors (Lipinski definition) is 0. The van der Waals surface area contributed by atoms with Gasteiger partial charge in [0, 0.05) is 0 Å². The van der Waals surface area contributed by atoms with E-state index < -0.39 is 0 Å². The summed E-state index contributed by atoms with van der Waals surface area (Å²) >= 11 is 0. The van der Waals surface area contributed by atoms with Crippen molar-refractivity contribution in [3.8, 4) is 0 Å². The molecular weight excluding hydrogens is 304 g/mol. The lowest BCUT2D eigenvalue weighted by Crippen LogP contribution is -2.32. The minimum absolute atomic E-state index is 0.0356. The summed E-state index contributed by atoms with van der Waals surface area (Å²) in [6.45, 7) is 7.55. The second kappa shape index (κ2) is 8.87. The fraction of sp³-hybridized carbons (Fsp3) is 0.900. The highest BCUT2D eigenvalue weighted by molar-refractivity contribution is 5.72. The highest BCUT2D eigenvalue weighted by atomic mass is 16.5. The average Bonchev–Trinajstić information content (AvgIpc) is 2.56. The Morgan fingerprint density at radius 1 is 0.625 bits per heavy atom. The molecule has 0 saturated heterocycles. The zero-order valence-electron chi connectivity index (χ0n) is 15.8. The third kappa shape index (κ3) is 5.49. The molecule has 2 aliphatic carbocycles. The normalized spacial score (nSPS) is 31.1. The smallest absolute Gasteiger partial charge is 0.308 e. The molecule has 0 unspecified atom stereocenters. The van der Waals surface area contributed by atoms with Crippen molar-refractivity contribution in [2.24, 2.45) is 23.7 Å². The maximum atomic E-state index is 11.7. The van der Waals surface area contributed by atoms with Gasteiger partial charge >= 0.3 is 11.9 Å². The Morgan fingerprint density at radius 3 is 1.17 bits per heavy atom. The van der Waals surface area contributed by atoms with Gasteiger partial charge in [-0.1, -0.05) is 27.7 Å². The van der Waals surface area contributed by atoms with E-state index in [1.54, 1.807) is 0 Å². The van der Waals surface area contributed by atoms with Gasteiger partial charge in [0.1, 0.15) is 12.2 Å². The van der Waals surface area contributed by atoms with Gasteiger partial charge < -0.3 is 9.47 Å². The fourth-order valence-corrected chi connectivity index (χ4v) is 3.96. The molecule has 0 amide bonds. The Labute approximate surface area is 146 Å². The van der Waals surface area contributed by atoms with Gasteiger partial charge in [0.15, 0.2) is 0 Å². The van der Waals surface area contributed by atoms with Gasteiger partial charge in [-0.05, 0) is 63.2 Å². The number of rotatable bonds is 5. The highest BCUT2D eigenvalue weighted by Crippen LogP contribution is 2.39. The molecule has 0 atom stereocenters. The summed E-state index contributed by atoms with van der Waals surface area (Å²) in [5.74, 6) is 1.30. The first kappa shape index (κ1) is 19.3. The lowest BCUT2D eigenvalue weighted by molar-refractivity contribution is -0.157. The van der Waals surface area contributed by atoms with Crippen molar-refractivity contribution in [3.05, 3.63) is 0 Å². The fourth-order valence-electron chi connectivity index (χ4n) is 3.96. The summed E-state index contributed by atoms with van der Waals surface area (Å²) in [6.07, 6.45) is 8.93. The summed E-state index contributed by atoms with van der Waals surface area (Å²) in [4.78, 5) is 23.4. The Hall–Kier alpha value is -1.06. The predicted molar refractivity (Wildman–Crippen MR) is 93.4 cm³/mol. The van der Waals surface area contributed by atoms with Gasteiger partial charge in [0.2, 0.25) is 0 Å². The first-order chi connectivity index (χ1) is 11.4. The molecule has 0 N–H and O–H groups in total. The topological polar surface area (TPSA) is 52.6 Å². The van der Waals surface area contributed by atoms with Crippen LogP contribution in [0.3, 0.4) is 0 Å². The summed E-state index contributed by atoms with van der Waals surface area (Å²) in [5.41, 5.74) is 0. The van der Waals surface area contributed by atoms with Crippen LogP contribution in [-0.4, -0.2) is 24.1 Å². The van der Waals surface area contributed by atoms with Gasteiger partial charge in [-0.3, -0.25) is 9.59 Å². The van der Waals surface area contributed by atoms with E-state index in [2.05, 4.69) is 0 Å². The number of carbonyl (C=O) groups excluding carboxylic acids is 2. The molecule has 2 aliphatic rings. The van der Waals surface area contributed by atoms with E-state index >= 15 is 0 Å². The van der Waals surface area contributed by atoms with E-state index in [1.807, 2.05) is 27.7 Å². The van der Waals surface area contributed by atoms with Crippen LogP contribution in [0.25, 0.3) is 0 Å². The maximum absolute atomic E-state index is 11.7. The molecule has 2 fully saturated rings. The summed E-state index contributed by atoms with van der Waals surface area (Å²) in [6, 6.07) is 0. The van der Waals surface area contributed by atoms with E-state index in [0.717, 1.165) is 63.2 Å².